The Hall–Kier alpha value is -3.21. The first kappa shape index (κ1) is 19.5. The van der Waals surface area contributed by atoms with E-state index in [0.717, 1.165) is 22.4 Å². The number of amides is 1. The van der Waals surface area contributed by atoms with Gasteiger partial charge in [0.05, 0.1) is 6.42 Å². The van der Waals surface area contributed by atoms with Gasteiger partial charge >= 0.3 is 0 Å². The fourth-order valence-corrected chi connectivity index (χ4v) is 2.90. The topological polar surface area (TPSA) is 41.1 Å². The van der Waals surface area contributed by atoms with Crippen molar-refractivity contribution in [3.05, 3.63) is 101 Å². The van der Waals surface area contributed by atoms with Crippen molar-refractivity contribution in [1.82, 2.24) is 5.32 Å². The first-order valence-electron chi connectivity index (χ1n) is 9.09. The molecule has 0 fully saturated rings. The summed E-state index contributed by atoms with van der Waals surface area (Å²) in [5, 5.41) is 5.91. The number of rotatable bonds is 7. The van der Waals surface area contributed by atoms with Crippen molar-refractivity contribution >= 4 is 11.6 Å². The number of halogens is 2. The molecular formula is C23H22F2N2O. The third-order valence-electron chi connectivity index (χ3n) is 4.42. The highest BCUT2D eigenvalue weighted by atomic mass is 19.1. The average Bonchev–Trinajstić information content (AvgIpc) is 2.67. The van der Waals surface area contributed by atoms with Crippen molar-refractivity contribution in [2.24, 2.45) is 0 Å². The molecule has 0 heterocycles. The van der Waals surface area contributed by atoms with Gasteiger partial charge in [-0.25, -0.2) is 8.78 Å². The van der Waals surface area contributed by atoms with Crippen LogP contribution in [-0.2, 0) is 24.3 Å². The normalized spacial score (nSPS) is 10.5. The maximum absolute atomic E-state index is 13.7. The van der Waals surface area contributed by atoms with Crippen molar-refractivity contribution in [3.8, 4) is 0 Å². The Kier molecular flexibility index (Phi) is 6.37. The van der Waals surface area contributed by atoms with Gasteiger partial charge in [-0.2, -0.15) is 0 Å². The lowest BCUT2D eigenvalue weighted by Gasteiger charge is -2.10. The molecule has 2 N–H and O–H groups in total. The average molecular weight is 380 g/mol. The van der Waals surface area contributed by atoms with Gasteiger partial charge in [0.25, 0.3) is 0 Å². The molecule has 0 unspecified atom stereocenters. The molecule has 0 aliphatic carbocycles. The maximum atomic E-state index is 13.7. The predicted molar refractivity (Wildman–Crippen MR) is 107 cm³/mol. The zero-order chi connectivity index (χ0) is 19.9. The van der Waals surface area contributed by atoms with Gasteiger partial charge in [0.15, 0.2) is 0 Å². The third-order valence-corrected chi connectivity index (χ3v) is 4.42. The Balaban J connectivity index is 1.50. The second-order valence-corrected chi connectivity index (χ2v) is 6.69. The Morgan fingerprint density at radius 1 is 0.857 bits per heavy atom. The molecule has 0 radical (unpaired) electrons. The van der Waals surface area contributed by atoms with Gasteiger partial charge in [0, 0.05) is 24.3 Å². The number of hydrogen-bond donors (Lipinski definition) is 2. The minimum atomic E-state index is -0.575. The minimum Gasteiger partial charge on any atom is -0.381 e. The fraction of sp³-hybridized carbons (Fsp3) is 0.174. The van der Waals surface area contributed by atoms with Crippen molar-refractivity contribution < 1.29 is 13.6 Å². The second kappa shape index (κ2) is 9.13. The quantitative estimate of drug-likeness (QED) is 0.621. The van der Waals surface area contributed by atoms with Crippen LogP contribution in [-0.4, -0.2) is 5.91 Å². The molecular weight excluding hydrogens is 358 g/mol. The van der Waals surface area contributed by atoms with Gasteiger partial charge in [-0.15, -0.1) is 0 Å². The summed E-state index contributed by atoms with van der Waals surface area (Å²) in [6.45, 7) is 2.56. The Morgan fingerprint density at radius 2 is 1.54 bits per heavy atom. The largest absolute Gasteiger partial charge is 0.381 e. The monoisotopic (exact) mass is 380 g/mol. The van der Waals surface area contributed by atoms with Crippen molar-refractivity contribution in [2.45, 2.75) is 26.4 Å². The van der Waals surface area contributed by atoms with E-state index in [4.69, 9.17) is 0 Å². The Morgan fingerprint density at radius 3 is 2.21 bits per heavy atom. The zero-order valence-electron chi connectivity index (χ0n) is 15.6. The van der Waals surface area contributed by atoms with Crippen LogP contribution < -0.4 is 10.6 Å². The molecule has 0 saturated heterocycles. The molecule has 3 nitrogen and oxygen atoms in total. The molecule has 0 saturated carbocycles. The van der Waals surface area contributed by atoms with E-state index in [1.54, 1.807) is 12.1 Å². The Bertz CT molecular complexity index is 935. The lowest BCUT2D eigenvalue weighted by molar-refractivity contribution is -0.120. The van der Waals surface area contributed by atoms with Crippen molar-refractivity contribution in [1.29, 1.82) is 0 Å². The highest BCUT2D eigenvalue weighted by Gasteiger charge is 2.08. The molecule has 144 valence electrons. The first-order chi connectivity index (χ1) is 13.5. The van der Waals surface area contributed by atoms with Crippen LogP contribution in [0.4, 0.5) is 14.5 Å². The van der Waals surface area contributed by atoms with Crippen LogP contribution in [0.15, 0.2) is 66.7 Å². The molecule has 3 aromatic carbocycles. The molecule has 0 spiro atoms. The van der Waals surface area contributed by atoms with Gasteiger partial charge in [0.2, 0.25) is 5.91 Å². The summed E-state index contributed by atoms with van der Waals surface area (Å²) in [6, 6.07) is 19.1. The van der Waals surface area contributed by atoms with E-state index in [1.165, 1.54) is 18.2 Å². The van der Waals surface area contributed by atoms with Crippen molar-refractivity contribution in [3.63, 3.8) is 0 Å². The third kappa shape index (κ3) is 5.39. The molecule has 0 aromatic heterocycles. The van der Waals surface area contributed by atoms with E-state index in [1.807, 2.05) is 43.3 Å². The van der Waals surface area contributed by atoms with Gasteiger partial charge in [-0.3, -0.25) is 4.79 Å². The summed E-state index contributed by atoms with van der Waals surface area (Å²) in [5.74, 6) is -1.21. The van der Waals surface area contributed by atoms with Gasteiger partial charge in [-0.1, -0.05) is 48.0 Å². The smallest absolute Gasteiger partial charge is 0.224 e. The highest BCUT2D eigenvalue weighted by molar-refractivity contribution is 5.78. The van der Waals surface area contributed by atoms with Crippen LogP contribution in [0.5, 0.6) is 0 Å². The molecule has 0 atom stereocenters. The molecule has 0 aliphatic rings. The van der Waals surface area contributed by atoms with Crippen LogP contribution >= 0.6 is 0 Å². The number of benzene rings is 3. The van der Waals surface area contributed by atoms with E-state index >= 15 is 0 Å². The van der Waals surface area contributed by atoms with Crippen molar-refractivity contribution in [2.75, 3.05) is 5.32 Å². The molecule has 5 heteroatoms. The number of aryl methyl sites for hydroxylation is 1. The number of anilines is 1. The van der Waals surface area contributed by atoms with E-state index in [0.29, 0.717) is 6.54 Å². The number of carbonyl (C=O) groups is 1. The van der Waals surface area contributed by atoms with Gasteiger partial charge in [0.1, 0.15) is 11.6 Å². The van der Waals surface area contributed by atoms with E-state index < -0.39 is 11.6 Å². The van der Waals surface area contributed by atoms with Crippen LogP contribution in [0.3, 0.4) is 0 Å². The molecule has 0 aliphatic heterocycles. The maximum Gasteiger partial charge on any atom is 0.224 e. The lowest BCUT2D eigenvalue weighted by Crippen LogP contribution is -2.24. The minimum absolute atomic E-state index is 0.00195. The molecule has 28 heavy (non-hydrogen) atoms. The van der Waals surface area contributed by atoms with E-state index in [9.17, 15) is 13.6 Å². The zero-order valence-corrected chi connectivity index (χ0v) is 15.6. The SMILES string of the molecule is Cc1cccc(CNC(=O)Cc2ccc(NCc3c(F)cccc3F)cc2)c1. The van der Waals surface area contributed by atoms with Crippen LogP contribution in [0.2, 0.25) is 0 Å². The van der Waals surface area contributed by atoms with Crippen LogP contribution in [0, 0.1) is 18.6 Å². The molecule has 0 bridgehead atoms. The highest BCUT2D eigenvalue weighted by Crippen LogP contribution is 2.16. The van der Waals surface area contributed by atoms with E-state index in [-0.39, 0.29) is 24.4 Å². The summed E-state index contributed by atoms with van der Waals surface area (Å²) in [6.07, 6.45) is 0.272. The summed E-state index contributed by atoms with van der Waals surface area (Å²) in [4.78, 5) is 12.1. The number of nitrogens with one attached hydrogen (secondary N) is 2. The van der Waals surface area contributed by atoms with Crippen LogP contribution in [0.25, 0.3) is 0 Å². The summed E-state index contributed by atoms with van der Waals surface area (Å²) >= 11 is 0. The predicted octanol–water partition coefficient (Wildman–Crippen LogP) is 4.74. The number of carbonyl (C=O) groups excluding carboxylic acids is 1. The standard InChI is InChI=1S/C23H22F2N2O/c1-16-4-2-5-18(12-16)14-27-23(28)13-17-8-10-19(11-9-17)26-15-20-21(24)6-3-7-22(20)25/h2-12,26H,13-15H2,1H3,(H,27,28). The molecule has 3 rings (SSSR count). The number of hydrogen-bond acceptors (Lipinski definition) is 2. The van der Waals surface area contributed by atoms with E-state index in [2.05, 4.69) is 10.6 Å². The first-order valence-corrected chi connectivity index (χ1v) is 9.09. The van der Waals surface area contributed by atoms with Gasteiger partial charge in [-0.05, 0) is 42.3 Å². The molecule has 3 aromatic rings. The second-order valence-electron chi connectivity index (χ2n) is 6.69. The Labute approximate surface area is 163 Å². The summed E-state index contributed by atoms with van der Waals surface area (Å²) in [7, 11) is 0. The van der Waals surface area contributed by atoms with Gasteiger partial charge < -0.3 is 10.6 Å². The molecule has 1 amide bonds. The summed E-state index contributed by atoms with van der Waals surface area (Å²) in [5.41, 5.74) is 3.82. The summed E-state index contributed by atoms with van der Waals surface area (Å²) < 4.78 is 27.3. The van der Waals surface area contributed by atoms with Crippen LogP contribution in [0.1, 0.15) is 22.3 Å². The fourth-order valence-electron chi connectivity index (χ4n) is 2.90. The lowest BCUT2D eigenvalue weighted by atomic mass is 10.1.